The number of rotatable bonds is 6. The van der Waals surface area contributed by atoms with E-state index in [1.165, 1.54) is 30.2 Å². The number of esters is 1. The molecule has 0 saturated carbocycles. The van der Waals surface area contributed by atoms with Crippen molar-refractivity contribution in [3.8, 4) is 11.5 Å². The molecule has 1 aromatic heterocycles. The van der Waals surface area contributed by atoms with Gasteiger partial charge in [0.05, 0.1) is 23.0 Å². The summed E-state index contributed by atoms with van der Waals surface area (Å²) in [4.78, 5) is 27.9. The Morgan fingerprint density at radius 1 is 1.19 bits per heavy atom. The minimum absolute atomic E-state index is 0.146. The van der Waals surface area contributed by atoms with E-state index in [0.717, 1.165) is 5.56 Å². The number of hydrogen-bond donors (Lipinski definition) is 0. The van der Waals surface area contributed by atoms with Crippen LogP contribution >= 0.6 is 51.2 Å². The summed E-state index contributed by atoms with van der Waals surface area (Å²) in [5.74, 6) is 0.0376. The number of ether oxygens (including phenoxy) is 2. The summed E-state index contributed by atoms with van der Waals surface area (Å²) in [6.07, 6.45) is 1.75. The minimum atomic E-state index is -0.464. The molecule has 1 amide bonds. The van der Waals surface area contributed by atoms with Crippen molar-refractivity contribution in [1.82, 2.24) is 4.90 Å². The van der Waals surface area contributed by atoms with Gasteiger partial charge in [-0.2, -0.15) is 0 Å². The van der Waals surface area contributed by atoms with Crippen molar-refractivity contribution in [2.24, 2.45) is 0 Å². The third kappa shape index (κ3) is 4.96. The molecule has 1 saturated heterocycles. The van der Waals surface area contributed by atoms with Gasteiger partial charge in [0.2, 0.25) is 0 Å². The molecule has 3 aromatic rings. The number of methoxy groups -OCH3 is 1. The van der Waals surface area contributed by atoms with Gasteiger partial charge in [-0.1, -0.05) is 60.4 Å². The second-order valence-corrected chi connectivity index (χ2v) is 10.1. The van der Waals surface area contributed by atoms with Gasteiger partial charge in [0, 0.05) is 0 Å². The minimum Gasteiger partial charge on any atom is -0.493 e. The molecule has 0 atom stereocenters. The van der Waals surface area contributed by atoms with Crippen molar-refractivity contribution in [2.45, 2.75) is 6.54 Å². The number of thiocarbonyl (C=S) groups is 1. The summed E-state index contributed by atoms with van der Waals surface area (Å²) in [7, 11) is 1.49. The summed E-state index contributed by atoms with van der Waals surface area (Å²) < 4.78 is 12.0. The molecule has 4 rings (SSSR count). The lowest BCUT2D eigenvalue weighted by Crippen LogP contribution is -2.27. The van der Waals surface area contributed by atoms with E-state index in [9.17, 15) is 9.59 Å². The zero-order valence-electron chi connectivity index (χ0n) is 16.7. The molecule has 0 bridgehead atoms. The van der Waals surface area contributed by atoms with Crippen molar-refractivity contribution in [3.63, 3.8) is 0 Å². The van der Waals surface area contributed by atoms with Crippen LogP contribution in [0.25, 0.3) is 6.08 Å². The molecular formula is C23H16BrNO4S3. The number of carbonyl (C=O) groups excluding carboxylic acids is 2. The van der Waals surface area contributed by atoms with Crippen molar-refractivity contribution in [1.29, 1.82) is 0 Å². The molecule has 1 fully saturated rings. The van der Waals surface area contributed by atoms with E-state index in [1.807, 2.05) is 30.3 Å². The number of amides is 1. The van der Waals surface area contributed by atoms with Gasteiger partial charge in [0.25, 0.3) is 5.91 Å². The van der Waals surface area contributed by atoms with E-state index in [0.29, 0.717) is 36.4 Å². The zero-order valence-corrected chi connectivity index (χ0v) is 20.8. The summed E-state index contributed by atoms with van der Waals surface area (Å²) >= 11 is 11.4. The van der Waals surface area contributed by atoms with Gasteiger partial charge in [0.15, 0.2) is 11.5 Å². The maximum atomic E-state index is 12.9. The summed E-state index contributed by atoms with van der Waals surface area (Å²) in [6.45, 7) is 0.424. The van der Waals surface area contributed by atoms with E-state index in [-0.39, 0.29) is 11.7 Å². The molecule has 0 unspecified atom stereocenters. The number of benzene rings is 2. The van der Waals surface area contributed by atoms with E-state index >= 15 is 0 Å². The normalized spacial score (nSPS) is 14.8. The van der Waals surface area contributed by atoms with Crippen LogP contribution < -0.4 is 9.47 Å². The first-order chi connectivity index (χ1) is 15.5. The molecule has 32 heavy (non-hydrogen) atoms. The highest BCUT2D eigenvalue weighted by Crippen LogP contribution is 2.40. The van der Waals surface area contributed by atoms with Crippen molar-refractivity contribution in [3.05, 3.63) is 85.4 Å². The van der Waals surface area contributed by atoms with Crippen LogP contribution in [-0.4, -0.2) is 28.2 Å². The number of thiophene rings is 1. The van der Waals surface area contributed by atoms with Crippen molar-refractivity contribution < 1.29 is 19.1 Å². The Labute approximate surface area is 207 Å². The number of carbonyl (C=O) groups is 2. The number of thioether (sulfide) groups is 1. The highest BCUT2D eigenvalue weighted by molar-refractivity contribution is 9.10. The Hall–Kier alpha value is -2.46. The molecule has 0 radical (unpaired) electrons. The summed E-state index contributed by atoms with van der Waals surface area (Å²) in [5, 5.41) is 1.81. The topological polar surface area (TPSA) is 55.8 Å². The highest BCUT2D eigenvalue weighted by Gasteiger charge is 2.32. The monoisotopic (exact) mass is 545 g/mol. The third-order valence-corrected chi connectivity index (χ3v) is 7.34. The second-order valence-electron chi connectivity index (χ2n) is 6.65. The van der Waals surface area contributed by atoms with Crippen LogP contribution in [0.1, 0.15) is 20.8 Å². The molecule has 5 nitrogen and oxygen atoms in total. The van der Waals surface area contributed by atoms with Crippen LogP contribution in [0.3, 0.4) is 0 Å². The molecular weight excluding hydrogens is 530 g/mol. The van der Waals surface area contributed by atoms with Crippen molar-refractivity contribution >= 4 is 73.5 Å². The summed E-state index contributed by atoms with van der Waals surface area (Å²) in [5.41, 5.74) is 1.72. The van der Waals surface area contributed by atoms with E-state index in [2.05, 4.69) is 15.9 Å². The number of halogens is 1. The molecule has 2 aromatic carbocycles. The Kier molecular flexibility index (Phi) is 7.10. The van der Waals surface area contributed by atoms with Gasteiger partial charge < -0.3 is 9.47 Å². The predicted octanol–water partition coefficient (Wildman–Crippen LogP) is 6.14. The van der Waals surface area contributed by atoms with Crippen LogP contribution in [0, 0.1) is 0 Å². The van der Waals surface area contributed by atoms with E-state index < -0.39 is 5.97 Å². The first kappa shape index (κ1) is 22.7. The van der Waals surface area contributed by atoms with Crippen LogP contribution in [-0.2, 0) is 11.3 Å². The summed E-state index contributed by atoms with van der Waals surface area (Å²) in [6, 6.07) is 16.7. The van der Waals surface area contributed by atoms with Gasteiger partial charge in [-0.05, 0) is 56.7 Å². The number of nitrogens with zero attached hydrogens (tertiary/aromatic N) is 1. The molecule has 1 aliphatic rings. The molecule has 0 aliphatic carbocycles. The quantitative estimate of drug-likeness (QED) is 0.160. The molecule has 2 heterocycles. The lowest BCUT2D eigenvalue weighted by atomic mass is 10.1. The maximum absolute atomic E-state index is 12.9. The third-order valence-electron chi connectivity index (χ3n) is 4.52. The average molecular weight is 546 g/mol. The molecule has 9 heteroatoms. The SMILES string of the molecule is COc1cc(/C=C2/SC(=S)N(Cc3ccccc3)C2=O)cc(Br)c1OC(=O)c1cccs1. The maximum Gasteiger partial charge on any atom is 0.353 e. The highest BCUT2D eigenvalue weighted by atomic mass is 79.9. The molecule has 1 aliphatic heterocycles. The van der Waals surface area contributed by atoms with E-state index in [1.54, 1.807) is 40.6 Å². The van der Waals surface area contributed by atoms with Gasteiger partial charge in [-0.15, -0.1) is 11.3 Å². The predicted molar refractivity (Wildman–Crippen MR) is 135 cm³/mol. The van der Waals surface area contributed by atoms with Gasteiger partial charge in [-0.3, -0.25) is 9.69 Å². The van der Waals surface area contributed by atoms with Crippen LogP contribution in [0.2, 0.25) is 0 Å². The smallest absolute Gasteiger partial charge is 0.353 e. The van der Waals surface area contributed by atoms with Gasteiger partial charge >= 0.3 is 5.97 Å². The Morgan fingerprint density at radius 2 is 1.97 bits per heavy atom. The first-order valence-electron chi connectivity index (χ1n) is 9.39. The van der Waals surface area contributed by atoms with Gasteiger partial charge in [0.1, 0.15) is 9.20 Å². The fourth-order valence-electron chi connectivity index (χ4n) is 3.01. The zero-order chi connectivity index (χ0) is 22.7. The fourth-order valence-corrected chi connectivity index (χ4v) is 5.41. The molecule has 162 valence electrons. The molecule has 0 N–H and O–H groups in total. The Bertz CT molecular complexity index is 1210. The van der Waals surface area contributed by atoms with E-state index in [4.69, 9.17) is 21.7 Å². The Morgan fingerprint density at radius 3 is 2.66 bits per heavy atom. The molecule has 0 spiro atoms. The average Bonchev–Trinajstić information content (AvgIpc) is 3.41. The van der Waals surface area contributed by atoms with Gasteiger partial charge in [-0.25, -0.2) is 4.79 Å². The largest absolute Gasteiger partial charge is 0.493 e. The fraction of sp³-hybridized carbons (Fsp3) is 0.0870. The lowest BCUT2D eigenvalue weighted by Gasteiger charge is -2.14. The Balaban J connectivity index is 1.57. The van der Waals surface area contributed by atoms with Crippen molar-refractivity contribution in [2.75, 3.05) is 7.11 Å². The van der Waals surface area contributed by atoms with Crippen LogP contribution in [0.5, 0.6) is 11.5 Å². The standard InChI is InChI=1S/C23H16BrNO4S3/c1-28-17-11-15(10-16(24)20(17)29-22(27)18-8-5-9-31-18)12-19-21(26)25(23(30)32-19)13-14-6-3-2-4-7-14/h2-12H,13H2,1H3/b19-12+. The van der Waals surface area contributed by atoms with Crippen LogP contribution in [0.4, 0.5) is 0 Å². The second kappa shape index (κ2) is 9.99. The lowest BCUT2D eigenvalue weighted by molar-refractivity contribution is -0.122. The number of hydrogen-bond acceptors (Lipinski definition) is 7. The first-order valence-corrected chi connectivity index (χ1v) is 12.3. The van der Waals surface area contributed by atoms with Crippen LogP contribution in [0.15, 0.2) is 69.4 Å².